The SMILES string of the molecule is CCC(=O)OC1CC(N)C1. The molecule has 0 spiro atoms. The first-order valence-electron chi connectivity index (χ1n) is 3.67. The number of hydrogen-bond acceptors (Lipinski definition) is 3. The summed E-state index contributed by atoms with van der Waals surface area (Å²) >= 11 is 0. The minimum absolute atomic E-state index is 0.113. The van der Waals surface area contributed by atoms with E-state index in [1.165, 1.54) is 0 Å². The maximum absolute atomic E-state index is 10.7. The Bertz CT molecular complexity index is 130. The highest BCUT2D eigenvalue weighted by atomic mass is 16.5. The fraction of sp³-hybridized carbons (Fsp3) is 0.857. The van der Waals surface area contributed by atoms with Crippen LogP contribution < -0.4 is 5.73 Å². The maximum Gasteiger partial charge on any atom is 0.305 e. The van der Waals surface area contributed by atoms with Crippen LogP contribution in [0.4, 0.5) is 0 Å². The van der Waals surface area contributed by atoms with Gasteiger partial charge in [0.15, 0.2) is 0 Å². The van der Waals surface area contributed by atoms with Gasteiger partial charge in [0.1, 0.15) is 6.10 Å². The molecule has 0 heterocycles. The van der Waals surface area contributed by atoms with Crippen LogP contribution in [0.25, 0.3) is 0 Å². The molecule has 2 N–H and O–H groups in total. The highest BCUT2D eigenvalue weighted by Crippen LogP contribution is 2.21. The molecule has 1 saturated carbocycles. The van der Waals surface area contributed by atoms with Crippen molar-refractivity contribution in [3.8, 4) is 0 Å². The quantitative estimate of drug-likeness (QED) is 0.570. The van der Waals surface area contributed by atoms with E-state index >= 15 is 0 Å². The summed E-state index contributed by atoms with van der Waals surface area (Å²) in [6.45, 7) is 1.79. The molecule has 0 aromatic heterocycles. The summed E-state index contributed by atoms with van der Waals surface area (Å²) in [5.74, 6) is -0.114. The van der Waals surface area contributed by atoms with Crippen LogP contribution >= 0.6 is 0 Å². The summed E-state index contributed by atoms with van der Waals surface area (Å²) < 4.78 is 4.99. The lowest BCUT2D eigenvalue weighted by atomic mass is 9.90. The van der Waals surface area contributed by atoms with E-state index in [0.717, 1.165) is 12.8 Å². The molecule has 0 saturated heterocycles. The Morgan fingerprint density at radius 2 is 2.30 bits per heavy atom. The third-order valence-electron chi connectivity index (χ3n) is 1.72. The van der Waals surface area contributed by atoms with Gasteiger partial charge in [-0.15, -0.1) is 0 Å². The van der Waals surface area contributed by atoms with Crippen LogP contribution in [0.3, 0.4) is 0 Å². The zero-order valence-corrected chi connectivity index (χ0v) is 6.17. The van der Waals surface area contributed by atoms with Crippen molar-refractivity contribution in [2.24, 2.45) is 5.73 Å². The van der Waals surface area contributed by atoms with Gasteiger partial charge in [0.25, 0.3) is 0 Å². The Morgan fingerprint density at radius 3 is 2.70 bits per heavy atom. The predicted octanol–water partition coefficient (Wildman–Crippen LogP) is 0.429. The molecule has 0 aromatic carbocycles. The summed E-state index contributed by atoms with van der Waals surface area (Å²) in [6, 6.07) is 0.259. The third-order valence-corrected chi connectivity index (χ3v) is 1.72. The second kappa shape index (κ2) is 3.01. The molecule has 0 aliphatic heterocycles. The number of esters is 1. The summed E-state index contributed by atoms with van der Waals surface area (Å²) in [6.07, 6.45) is 2.26. The molecule has 0 aromatic rings. The van der Waals surface area contributed by atoms with Crippen molar-refractivity contribution >= 4 is 5.97 Å². The van der Waals surface area contributed by atoms with Crippen molar-refractivity contribution < 1.29 is 9.53 Å². The van der Waals surface area contributed by atoms with Gasteiger partial charge in [0.2, 0.25) is 0 Å². The Morgan fingerprint density at radius 1 is 1.70 bits per heavy atom. The van der Waals surface area contributed by atoms with E-state index in [1.54, 1.807) is 6.92 Å². The van der Waals surface area contributed by atoms with Crippen LogP contribution in [0.15, 0.2) is 0 Å². The Labute approximate surface area is 60.5 Å². The van der Waals surface area contributed by atoms with Gasteiger partial charge in [-0.25, -0.2) is 0 Å². The Kier molecular flexibility index (Phi) is 2.27. The number of nitrogens with two attached hydrogens (primary N) is 1. The molecule has 0 bridgehead atoms. The Hall–Kier alpha value is -0.570. The van der Waals surface area contributed by atoms with Gasteiger partial charge in [-0.05, 0) is 12.8 Å². The van der Waals surface area contributed by atoms with Crippen LogP contribution in [-0.2, 0) is 9.53 Å². The highest BCUT2D eigenvalue weighted by molar-refractivity contribution is 5.69. The first-order chi connectivity index (χ1) is 4.72. The number of carbonyl (C=O) groups excluding carboxylic acids is 1. The van der Waals surface area contributed by atoms with Gasteiger partial charge in [-0.2, -0.15) is 0 Å². The number of rotatable bonds is 2. The molecular weight excluding hydrogens is 130 g/mol. The van der Waals surface area contributed by atoms with Gasteiger partial charge >= 0.3 is 5.97 Å². The lowest BCUT2D eigenvalue weighted by Gasteiger charge is -2.31. The maximum atomic E-state index is 10.7. The zero-order valence-electron chi connectivity index (χ0n) is 6.17. The summed E-state index contributed by atoms with van der Waals surface area (Å²) in [5, 5.41) is 0. The van der Waals surface area contributed by atoms with Crippen LogP contribution in [0.1, 0.15) is 26.2 Å². The summed E-state index contributed by atoms with van der Waals surface area (Å²) in [7, 11) is 0. The molecule has 3 heteroatoms. The molecule has 1 fully saturated rings. The van der Waals surface area contributed by atoms with E-state index in [4.69, 9.17) is 10.5 Å². The van der Waals surface area contributed by atoms with Crippen molar-refractivity contribution in [1.82, 2.24) is 0 Å². The van der Waals surface area contributed by atoms with Crippen molar-refractivity contribution in [2.45, 2.75) is 38.3 Å². The largest absolute Gasteiger partial charge is 0.462 e. The van der Waals surface area contributed by atoms with Crippen molar-refractivity contribution in [2.75, 3.05) is 0 Å². The first kappa shape index (κ1) is 7.54. The topological polar surface area (TPSA) is 52.3 Å². The van der Waals surface area contributed by atoms with Crippen molar-refractivity contribution in [3.05, 3.63) is 0 Å². The third kappa shape index (κ3) is 1.70. The van der Waals surface area contributed by atoms with E-state index in [0.29, 0.717) is 6.42 Å². The van der Waals surface area contributed by atoms with Crippen LogP contribution in [0.5, 0.6) is 0 Å². The second-order valence-electron chi connectivity index (χ2n) is 2.70. The van der Waals surface area contributed by atoms with Crippen LogP contribution in [0.2, 0.25) is 0 Å². The van der Waals surface area contributed by atoms with E-state index in [9.17, 15) is 4.79 Å². The monoisotopic (exact) mass is 143 g/mol. The molecule has 3 nitrogen and oxygen atoms in total. The molecule has 10 heavy (non-hydrogen) atoms. The van der Waals surface area contributed by atoms with E-state index in [1.807, 2.05) is 0 Å². The minimum Gasteiger partial charge on any atom is -0.462 e. The minimum atomic E-state index is -0.114. The highest BCUT2D eigenvalue weighted by Gasteiger charge is 2.28. The first-order valence-corrected chi connectivity index (χ1v) is 3.67. The lowest BCUT2D eigenvalue weighted by Crippen LogP contribution is -2.42. The van der Waals surface area contributed by atoms with Gasteiger partial charge in [-0.3, -0.25) is 4.79 Å². The molecule has 1 aliphatic carbocycles. The summed E-state index contributed by atoms with van der Waals surface area (Å²) in [5.41, 5.74) is 5.49. The molecule has 0 atom stereocenters. The number of hydrogen-bond donors (Lipinski definition) is 1. The average Bonchev–Trinajstić information content (AvgIpc) is 1.84. The second-order valence-corrected chi connectivity index (χ2v) is 2.70. The number of ether oxygens (including phenoxy) is 1. The lowest BCUT2D eigenvalue weighted by molar-refractivity contribution is -0.153. The average molecular weight is 143 g/mol. The normalized spacial score (nSPS) is 31.0. The van der Waals surface area contributed by atoms with Crippen molar-refractivity contribution in [1.29, 1.82) is 0 Å². The predicted molar refractivity (Wildman–Crippen MR) is 37.4 cm³/mol. The molecule has 58 valence electrons. The van der Waals surface area contributed by atoms with Crippen LogP contribution in [0, 0.1) is 0 Å². The summed E-state index contributed by atoms with van der Waals surface area (Å²) in [4.78, 5) is 10.7. The molecule has 0 radical (unpaired) electrons. The van der Waals surface area contributed by atoms with Crippen molar-refractivity contribution in [3.63, 3.8) is 0 Å². The van der Waals surface area contributed by atoms with Gasteiger partial charge < -0.3 is 10.5 Å². The molecule has 0 amide bonds. The fourth-order valence-electron chi connectivity index (χ4n) is 0.972. The van der Waals surface area contributed by atoms with E-state index < -0.39 is 0 Å². The van der Waals surface area contributed by atoms with E-state index in [-0.39, 0.29) is 18.1 Å². The zero-order chi connectivity index (χ0) is 7.56. The molecule has 1 aliphatic rings. The molecule has 0 unspecified atom stereocenters. The van der Waals surface area contributed by atoms with Crippen LogP contribution in [-0.4, -0.2) is 18.1 Å². The fourth-order valence-corrected chi connectivity index (χ4v) is 0.972. The smallest absolute Gasteiger partial charge is 0.305 e. The van der Waals surface area contributed by atoms with Gasteiger partial charge in [0, 0.05) is 12.5 Å². The van der Waals surface area contributed by atoms with Gasteiger partial charge in [0.05, 0.1) is 0 Å². The van der Waals surface area contributed by atoms with Gasteiger partial charge in [-0.1, -0.05) is 6.92 Å². The molecular formula is C7H13NO2. The Balaban J connectivity index is 2.10. The van der Waals surface area contributed by atoms with E-state index in [2.05, 4.69) is 0 Å². The number of carbonyl (C=O) groups is 1. The molecule has 1 rings (SSSR count). The standard InChI is InChI=1S/C7H13NO2/c1-2-7(9)10-6-3-5(8)4-6/h5-6H,2-4,8H2,1H3.